The van der Waals surface area contributed by atoms with Gasteiger partial charge in [-0.05, 0) is 49.1 Å². The number of hydrogen-bond acceptors (Lipinski definition) is 2. The highest BCUT2D eigenvalue weighted by Crippen LogP contribution is 2.46. The van der Waals surface area contributed by atoms with Crippen molar-refractivity contribution in [3.05, 3.63) is 72.3 Å². The molecule has 3 heteroatoms. The molecule has 0 aliphatic heterocycles. The number of carbonyl (C=O) groups excluding carboxylic acids is 1. The minimum atomic E-state index is -1.69. The van der Waals surface area contributed by atoms with Gasteiger partial charge in [-0.15, -0.1) is 6.58 Å². The number of allylic oxidation sites excluding steroid dienone is 3. The van der Waals surface area contributed by atoms with Crippen molar-refractivity contribution in [1.82, 2.24) is 0 Å². The maximum Gasteiger partial charge on any atom is 0.322 e. The highest BCUT2D eigenvalue weighted by Gasteiger charge is 2.53. The van der Waals surface area contributed by atoms with Crippen molar-refractivity contribution in [3.63, 3.8) is 0 Å². The molecule has 0 amide bonds. The van der Waals surface area contributed by atoms with Gasteiger partial charge in [0.05, 0.1) is 0 Å². The van der Waals surface area contributed by atoms with Gasteiger partial charge in [0.2, 0.25) is 0 Å². The molecule has 0 radical (unpaired) electrons. The highest BCUT2D eigenvalue weighted by atomic mass is 16.4. The van der Waals surface area contributed by atoms with Gasteiger partial charge in [-0.2, -0.15) is 0 Å². The van der Waals surface area contributed by atoms with Crippen molar-refractivity contribution >= 4 is 23.0 Å². The Labute approximate surface area is 155 Å². The second kappa shape index (κ2) is 7.69. The molecule has 2 aromatic carbocycles. The Balaban J connectivity index is 2.65. The predicted molar refractivity (Wildman–Crippen MR) is 106 cm³/mol. The van der Waals surface area contributed by atoms with E-state index in [1.165, 1.54) is 0 Å². The van der Waals surface area contributed by atoms with E-state index in [-0.39, 0.29) is 0 Å². The average Bonchev–Trinajstić information content (AvgIpc) is 2.62. The lowest BCUT2D eigenvalue weighted by atomic mass is 9.59. The fraction of sp³-hybridized carbons (Fsp3) is 0.304. The molecule has 2 unspecified atom stereocenters. The number of rotatable bonds is 8. The molecule has 2 aromatic rings. The van der Waals surface area contributed by atoms with Crippen molar-refractivity contribution < 1.29 is 14.7 Å². The monoisotopic (exact) mass is 350 g/mol. The van der Waals surface area contributed by atoms with Crippen LogP contribution < -0.4 is 0 Å². The normalized spacial score (nSPS) is 15.5. The van der Waals surface area contributed by atoms with Crippen LogP contribution in [0.2, 0.25) is 0 Å². The van der Waals surface area contributed by atoms with Crippen molar-refractivity contribution in [2.45, 2.75) is 39.0 Å². The number of carboxylic acids is 1. The molecule has 2 atom stereocenters. The Bertz CT molecular complexity index is 861. The lowest BCUT2D eigenvalue weighted by Gasteiger charge is -2.40. The molecule has 26 heavy (non-hydrogen) atoms. The molecule has 2 rings (SSSR count). The molecular formula is C23H26O3. The minimum absolute atomic E-state index is 0.485. The topological polar surface area (TPSA) is 54.4 Å². The van der Waals surface area contributed by atoms with E-state index in [1.807, 2.05) is 44.2 Å². The SMILES string of the molecule is C=CC(C)(CCC=C(C)C)C(C=O)(C(=O)O)c1ccc2ccccc2c1. The number of aliphatic carboxylic acids is 1. The molecule has 0 spiro atoms. The summed E-state index contributed by atoms with van der Waals surface area (Å²) in [5.41, 5.74) is -0.962. The maximum atomic E-state index is 12.4. The molecule has 0 heterocycles. The van der Waals surface area contributed by atoms with Crippen LogP contribution in [0, 0.1) is 5.41 Å². The van der Waals surface area contributed by atoms with E-state index in [0.717, 1.165) is 16.3 Å². The van der Waals surface area contributed by atoms with E-state index in [1.54, 1.807) is 25.1 Å². The van der Waals surface area contributed by atoms with E-state index in [2.05, 4.69) is 12.7 Å². The molecule has 136 valence electrons. The lowest BCUT2D eigenvalue weighted by molar-refractivity contribution is -0.150. The summed E-state index contributed by atoms with van der Waals surface area (Å²) in [4.78, 5) is 24.7. The predicted octanol–water partition coefficient (Wildman–Crippen LogP) is 5.30. The molecule has 0 bridgehead atoms. The number of carbonyl (C=O) groups is 2. The van der Waals surface area contributed by atoms with Crippen LogP contribution in [0.15, 0.2) is 66.8 Å². The molecule has 0 aromatic heterocycles. The zero-order valence-corrected chi connectivity index (χ0v) is 15.7. The third-order valence-corrected chi connectivity index (χ3v) is 5.29. The van der Waals surface area contributed by atoms with Gasteiger partial charge in [-0.3, -0.25) is 4.79 Å². The molecule has 0 saturated carbocycles. The first-order chi connectivity index (χ1) is 12.3. The largest absolute Gasteiger partial charge is 0.480 e. The van der Waals surface area contributed by atoms with Crippen LogP contribution in [-0.2, 0) is 15.0 Å². The van der Waals surface area contributed by atoms with Gasteiger partial charge in [0.25, 0.3) is 0 Å². The van der Waals surface area contributed by atoms with Crippen LogP contribution in [0.4, 0.5) is 0 Å². The van der Waals surface area contributed by atoms with Crippen molar-refractivity contribution in [3.8, 4) is 0 Å². The number of benzene rings is 2. The Kier molecular flexibility index (Phi) is 5.81. The summed E-state index contributed by atoms with van der Waals surface area (Å²) in [6.45, 7) is 9.67. The average molecular weight is 350 g/mol. The smallest absolute Gasteiger partial charge is 0.322 e. The number of fused-ring (bicyclic) bond motifs is 1. The van der Waals surface area contributed by atoms with Gasteiger partial charge >= 0.3 is 5.97 Å². The van der Waals surface area contributed by atoms with Crippen LogP contribution in [0.5, 0.6) is 0 Å². The first-order valence-corrected chi connectivity index (χ1v) is 8.76. The van der Waals surface area contributed by atoms with Crippen LogP contribution in [0.25, 0.3) is 10.8 Å². The minimum Gasteiger partial charge on any atom is -0.480 e. The zero-order valence-electron chi connectivity index (χ0n) is 15.7. The molecule has 0 aliphatic carbocycles. The van der Waals surface area contributed by atoms with Crippen molar-refractivity contribution in [1.29, 1.82) is 0 Å². The van der Waals surface area contributed by atoms with E-state index in [0.29, 0.717) is 24.7 Å². The Morgan fingerprint density at radius 3 is 2.35 bits per heavy atom. The van der Waals surface area contributed by atoms with Crippen LogP contribution in [-0.4, -0.2) is 17.4 Å². The molecule has 0 fully saturated rings. The van der Waals surface area contributed by atoms with E-state index in [4.69, 9.17) is 0 Å². The Morgan fingerprint density at radius 2 is 1.81 bits per heavy atom. The number of aldehydes is 1. The van der Waals surface area contributed by atoms with Gasteiger partial charge in [-0.25, -0.2) is 0 Å². The van der Waals surface area contributed by atoms with Crippen LogP contribution in [0.3, 0.4) is 0 Å². The van der Waals surface area contributed by atoms with Gasteiger partial charge in [0, 0.05) is 5.41 Å². The molecule has 0 aliphatic rings. The summed E-state index contributed by atoms with van der Waals surface area (Å²) in [6.07, 6.45) is 5.44. The van der Waals surface area contributed by atoms with E-state index < -0.39 is 16.8 Å². The Morgan fingerprint density at radius 1 is 1.15 bits per heavy atom. The standard InChI is InChI=1S/C23H26O3/c1-5-22(4,14-8-9-17(2)3)23(16-24,21(25)26)20-13-12-18-10-6-7-11-19(18)15-20/h5-7,9-13,15-16H,1,8,14H2,2-4H3,(H,25,26). The van der Waals surface area contributed by atoms with E-state index in [9.17, 15) is 14.7 Å². The summed E-state index contributed by atoms with van der Waals surface area (Å²) in [6, 6.07) is 13.1. The molecule has 3 nitrogen and oxygen atoms in total. The summed E-state index contributed by atoms with van der Waals surface area (Å²) >= 11 is 0. The van der Waals surface area contributed by atoms with Crippen molar-refractivity contribution in [2.24, 2.45) is 5.41 Å². The van der Waals surface area contributed by atoms with E-state index >= 15 is 0 Å². The summed E-state index contributed by atoms with van der Waals surface area (Å²) in [5, 5.41) is 12.0. The zero-order chi connectivity index (χ0) is 19.4. The second-order valence-corrected chi connectivity index (χ2v) is 7.23. The first kappa shape index (κ1) is 19.6. The number of hydrogen-bond donors (Lipinski definition) is 1. The highest BCUT2D eigenvalue weighted by molar-refractivity contribution is 6.01. The molecule has 0 saturated heterocycles. The van der Waals surface area contributed by atoms with Crippen LogP contribution in [0.1, 0.15) is 39.2 Å². The van der Waals surface area contributed by atoms with Crippen LogP contribution >= 0.6 is 0 Å². The quantitative estimate of drug-likeness (QED) is 0.399. The second-order valence-electron chi connectivity index (χ2n) is 7.23. The summed E-state index contributed by atoms with van der Waals surface area (Å²) in [5.74, 6) is -1.15. The lowest BCUT2D eigenvalue weighted by Crippen LogP contribution is -2.50. The van der Waals surface area contributed by atoms with Gasteiger partial charge in [-0.1, -0.05) is 61.0 Å². The van der Waals surface area contributed by atoms with Gasteiger partial charge in [0.15, 0.2) is 5.41 Å². The first-order valence-electron chi connectivity index (χ1n) is 8.76. The maximum absolute atomic E-state index is 12.4. The third kappa shape index (κ3) is 3.34. The summed E-state index contributed by atoms with van der Waals surface area (Å²) in [7, 11) is 0. The third-order valence-electron chi connectivity index (χ3n) is 5.29. The fourth-order valence-corrected chi connectivity index (χ4v) is 3.51. The fourth-order valence-electron chi connectivity index (χ4n) is 3.51. The Hall–Kier alpha value is -2.68. The van der Waals surface area contributed by atoms with Gasteiger partial charge in [0.1, 0.15) is 6.29 Å². The summed E-state index contributed by atoms with van der Waals surface area (Å²) < 4.78 is 0. The molecular weight excluding hydrogens is 324 g/mol. The van der Waals surface area contributed by atoms with Gasteiger partial charge < -0.3 is 9.90 Å². The number of carboxylic acid groups (broad SMARTS) is 1. The van der Waals surface area contributed by atoms with Crippen molar-refractivity contribution in [2.75, 3.05) is 0 Å². The molecule has 1 N–H and O–H groups in total.